The smallest absolute Gasteiger partial charge is 0.0158 e. The Morgan fingerprint density at radius 2 is 2.27 bits per heavy atom. The van der Waals surface area contributed by atoms with Crippen molar-refractivity contribution in [3.63, 3.8) is 0 Å². The summed E-state index contributed by atoms with van der Waals surface area (Å²) in [5.74, 6) is 5.53. The Hall–Kier alpha value is 0.0500. The number of fused-ring (bicyclic) bond motifs is 2. The normalized spacial score (nSPS) is 43.7. The zero-order valence-corrected chi connectivity index (χ0v) is 10.1. The van der Waals surface area contributed by atoms with Crippen molar-refractivity contribution in [1.82, 2.24) is 5.32 Å². The molecule has 2 bridgehead atoms. The lowest BCUT2D eigenvalue weighted by molar-refractivity contribution is 0.381. The van der Waals surface area contributed by atoms with Gasteiger partial charge in [0, 0.05) is 11.8 Å². The summed E-state index contributed by atoms with van der Waals surface area (Å²) in [6.07, 6.45) is 10.6. The Bertz CT molecular complexity index is 245. The molecule has 2 fully saturated rings. The fourth-order valence-electron chi connectivity index (χ4n) is 3.35. The molecule has 4 atom stereocenters. The summed E-state index contributed by atoms with van der Waals surface area (Å²) in [6, 6.07) is 0.812. The third-order valence-electron chi connectivity index (χ3n) is 4.25. The van der Waals surface area contributed by atoms with Crippen molar-refractivity contribution in [3.8, 4) is 0 Å². The molecule has 0 aromatic rings. The highest BCUT2D eigenvalue weighted by Gasteiger charge is 2.35. The van der Waals surface area contributed by atoms with Crippen molar-refractivity contribution in [2.75, 3.05) is 18.1 Å². The molecule has 0 radical (unpaired) electrons. The second-order valence-electron chi connectivity index (χ2n) is 5.36. The minimum Gasteiger partial charge on any atom is -0.313 e. The molecule has 0 aromatic heterocycles. The van der Waals surface area contributed by atoms with E-state index in [1.807, 2.05) is 0 Å². The monoisotopic (exact) mass is 223 g/mol. The van der Waals surface area contributed by atoms with Gasteiger partial charge in [0.1, 0.15) is 0 Å². The van der Waals surface area contributed by atoms with Crippen LogP contribution in [0, 0.1) is 17.8 Å². The topological polar surface area (TPSA) is 12.0 Å². The van der Waals surface area contributed by atoms with Crippen LogP contribution >= 0.6 is 11.8 Å². The van der Waals surface area contributed by atoms with E-state index in [0.29, 0.717) is 0 Å². The summed E-state index contributed by atoms with van der Waals surface area (Å²) in [5.41, 5.74) is 0. The van der Waals surface area contributed by atoms with Gasteiger partial charge < -0.3 is 5.32 Å². The molecule has 84 valence electrons. The number of nitrogens with one attached hydrogen (secondary N) is 1. The van der Waals surface area contributed by atoms with Crippen LogP contribution in [0.5, 0.6) is 0 Å². The van der Waals surface area contributed by atoms with E-state index >= 15 is 0 Å². The van der Waals surface area contributed by atoms with E-state index in [9.17, 15) is 0 Å². The molecule has 3 aliphatic rings. The molecule has 1 saturated heterocycles. The van der Waals surface area contributed by atoms with E-state index in [1.54, 1.807) is 0 Å². The first-order valence-electron chi connectivity index (χ1n) is 6.41. The lowest BCUT2D eigenvalue weighted by atomic mass is 9.93. The molecular formula is C13H21NS. The van der Waals surface area contributed by atoms with Gasteiger partial charge in [0.15, 0.2) is 0 Å². The summed E-state index contributed by atoms with van der Waals surface area (Å²) >= 11 is 2.12. The predicted molar refractivity (Wildman–Crippen MR) is 67.2 cm³/mol. The van der Waals surface area contributed by atoms with Crippen molar-refractivity contribution in [2.45, 2.75) is 31.7 Å². The number of rotatable bonds is 3. The van der Waals surface area contributed by atoms with Crippen LogP contribution < -0.4 is 5.32 Å². The van der Waals surface area contributed by atoms with E-state index in [2.05, 4.69) is 29.2 Å². The quantitative estimate of drug-likeness (QED) is 0.738. The van der Waals surface area contributed by atoms with Crippen LogP contribution in [0.3, 0.4) is 0 Å². The van der Waals surface area contributed by atoms with Gasteiger partial charge in [-0.2, -0.15) is 11.8 Å². The van der Waals surface area contributed by atoms with E-state index in [4.69, 9.17) is 0 Å². The van der Waals surface area contributed by atoms with Gasteiger partial charge in [-0.05, 0) is 55.7 Å². The van der Waals surface area contributed by atoms with Crippen molar-refractivity contribution in [1.29, 1.82) is 0 Å². The Morgan fingerprint density at radius 1 is 1.27 bits per heavy atom. The summed E-state index contributed by atoms with van der Waals surface area (Å²) in [6.45, 7) is 1.27. The van der Waals surface area contributed by atoms with Crippen LogP contribution in [0.2, 0.25) is 0 Å². The van der Waals surface area contributed by atoms with E-state index < -0.39 is 0 Å². The van der Waals surface area contributed by atoms with Gasteiger partial charge >= 0.3 is 0 Å². The van der Waals surface area contributed by atoms with Crippen LogP contribution in [-0.2, 0) is 0 Å². The Kier molecular flexibility index (Phi) is 3.07. The van der Waals surface area contributed by atoms with Crippen LogP contribution in [0.1, 0.15) is 25.7 Å². The minimum atomic E-state index is 0.812. The average molecular weight is 223 g/mol. The number of thioether (sulfide) groups is 1. The second kappa shape index (κ2) is 4.50. The summed E-state index contributed by atoms with van der Waals surface area (Å²) in [5, 5.41) is 3.79. The molecule has 1 heterocycles. The van der Waals surface area contributed by atoms with Gasteiger partial charge in [-0.3, -0.25) is 0 Å². The Balaban J connectivity index is 1.44. The van der Waals surface area contributed by atoms with Crippen molar-refractivity contribution >= 4 is 11.8 Å². The van der Waals surface area contributed by atoms with E-state index in [0.717, 1.165) is 23.8 Å². The highest BCUT2D eigenvalue weighted by atomic mass is 32.2. The highest BCUT2D eigenvalue weighted by Crippen LogP contribution is 2.43. The van der Waals surface area contributed by atoms with Crippen LogP contribution in [0.15, 0.2) is 12.2 Å². The standard InChI is InChI=1S/C13H21NS/c1-2-13(9-15-5-1)14-8-12-7-10-3-4-11(12)6-10/h3-4,10-14H,1-2,5-9H2. The summed E-state index contributed by atoms with van der Waals surface area (Å²) in [4.78, 5) is 0. The maximum Gasteiger partial charge on any atom is 0.0158 e. The lowest BCUT2D eigenvalue weighted by Gasteiger charge is -2.26. The second-order valence-corrected chi connectivity index (χ2v) is 6.51. The number of hydrogen-bond acceptors (Lipinski definition) is 2. The largest absolute Gasteiger partial charge is 0.313 e. The van der Waals surface area contributed by atoms with Crippen LogP contribution in [-0.4, -0.2) is 24.1 Å². The van der Waals surface area contributed by atoms with E-state index in [-0.39, 0.29) is 0 Å². The summed E-state index contributed by atoms with van der Waals surface area (Å²) < 4.78 is 0. The first kappa shape index (κ1) is 10.2. The zero-order valence-electron chi connectivity index (χ0n) is 9.32. The van der Waals surface area contributed by atoms with Gasteiger partial charge in [-0.1, -0.05) is 12.2 Å². The third kappa shape index (κ3) is 2.26. The molecule has 0 amide bonds. The zero-order chi connectivity index (χ0) is 10.1. The highest BCUT2D eigenvalue weighted by molar-refractivity contribution is 7.99. The van der Waals surface area contributed by atoms with Gasteiger partial charge in [-0.25, -0.2) is 0 Å². The Labute approximate surface area is 97.1 Å². The molecule has 2 heteroatoms. The van der Waals surface area contributed by atoms with E-state index in [1.165, 1.54) is 43.7 Å². The lowest BCUT2D eigenvalue weighted by Crippen LogP contribution is -2.37. The molecular weight excluding hydrogens is 202 g/mol. The molecule has 0 aromatic carbocycles. The Morgan fingerprint density at radius 3 is 2.93 bits per heavy atom. The first-order valence-corrected chi connectivity index (χ1v) is 7.57. The maximum atomic E-state index is 3.79. The minimum absolute atomic E-state index is 0.812. The molecule has 1 N–H and O–H groups in total. The third-order valence-corrected chi connectivity index (χ3v) is 5.46. The van der Waals surface area contributed by atoms with Crippen molar-refractivity contribution < 1.29 is 0 Å². The molecule has 0 spiro atoms. The molecule has 4 unspecified atom stereocenters. The predicted octanol–water partition coefficient (Wildman–Crippen LogP) is 2.68. The van der Waals surface area contributed by atoms with Gasteiger partial charge in [-0.15, -0.1) is 0 Å². The molecule has 1 nitrogen and oxygen atoms in total. The van der Waals surface area contributed by atoms with Crippen molar-refractivity contribution in [2.24, 2.45) is 17.8 Å². The van der Waals surface area contributed by atoms with Crippen LogP contribution in [0.25, 0.3) is 0 Å². The molecule has 2 aliphatic carbocycles. The SMILES string of the molecule is C1=CC2CC1CC2CNC1CCCSC1. The fraction of sp³-hybridized carbons (Fsp3) is 0.846. The average Bonchev–Trinajstić information content (AvgIpc) is 2.89. The number of allylic oxidation sites excluding steroid dienone is 2. The van der Waals surface area contributed by atoms with Gasteiger partial charge in [0.05, 0.1) is 0 Å². The van der Waals surface area contributed by atoms with Gasteiger partial charge in [0.2, 0.25) is 0 Å². The van der Waals surface area contributed by atoms with Crippen molar-refractivity contribution in [3.05, 3.63) is 12.2 Å². The first-order chi connectivity index (χ1) is 7.42. The summed E-state index contributed by atoms with van der Waals surface area (Å²) in [7, 11) is 0. The molecule has 1 saturated carbocycles. The maximum absolute atomic E-state index is 3.79. The molecule has 3 rings (SSSR count). The molecule has 1 aliphatic heterocycles. The van der Waals surface area contributed by atoms with Gasteiger partial charge in [0.25, 0.3) is 0 Å². The van der Waals surface area contributed by atoms with Crippen LogP contribution in [0.4, 0.5) is 0 Å². The fourth-order valence-corrected chi connectivity index (χ4v) is 4.46. The number of hydrogen-bond donors (Lipinski definition) is 1. The molecule has 15 heavy (non-hydrogen) atoms.